The van der Waals surface area contributed by atoms with Crippen LogP contribution in [0.3, 0.4) is 0 Å². The summed E-state index contributed by atoms with van der Waals surface area (Å²) in [6, 6.07) is 0.0123. The molecule has 6 nitrogen and oxygen atoms in total. The number of hydrogen-bond donors (Lipinski definition) is 1. The Balaban J connectivity index is 1.71. The summed E-state index contributed by atoms with van der Waals surface area (Å²) in [5, 5.41) is 3.02. The van der Waals surface area contributed by atoms with Crippen molar-refractivity contribution in [1.29, 1.82) is 0 Å². The molecule has 3 amide bonds. The van der Waals surface area contributed by atoms with Gasteiger partial charge in [0, 0.05) is 32.1 Å². The van der Waals surface area contributed by atoms with Crippen molar-refractivity contribution in [3.8, 4) is 0 Å². The summed E-state index contributed by atoms with van der Waals surface area (Å²) in [5.41, 5.74) is 0. The van der Waals surface area contributed by atoms with E-state index >= 15 is 0 Å². The highest BCUT2D eigenvalue weighted by molar-refractivity contribution is 5.87. The van der Waals surface area contributed by atoms with Crippen LogP contribution >= 0.6 is 0 Å². The number of likely N-dealkylation sites (tertiary alicyclic amines) is 1. The first-order valence-electron chi connectivity index (χ1n) is 9.02. The van der Waals surface area contributed by atoms with Crippen LogP contribution in [-0.2, 0) is 14.4 Å². The molecule has 0 radical (unpaired) electrons. The minimum Gasteiger partial charge on any atom is -0.356 e. The smallest absolute Gasteiger partial charge is 0.242 e. The van der Waals surface area contributed by atoms with Gasteiger partial charge in [0.25, 0.3) is 0 Å². The summed E-state index contributed by atoms with van der Waals surface area (Å²) in [6.45, 7) is 2.34. The number of nitrogens with zero attached hydrogens (tertiary/aromatic N) is 2. The monoisotopic (exact) mass is 321 g/mol. The van der Waals surface area contributed by atoms with Crippen LogP contribution in [0.2, 0.25) is 0 Å². The standard InChI is InChI=1S/C17H27N3O3/c21-15-8-5-10-19(15)12-16(22)20-11-3-1-2-9-18-17(23)13-6-4-7-14(13)20/h13-14H,1-12H2,(H,18,23)/t13-,14+/m1/s1. The fourth-order valence-electron chi connectivity index (χ4n) is 4.15. The van der Waals surface area contributed by atoms with Gasteiger partial charge in [0.05, 0.1) is 12.5 Å². The lowest BCUT2D eigenvalue weighted by molar-refractivity contribution is -0.142. The first-order valence-corrected chi connectivity index (χ1v) is 9.02. The lowest BCUT2D eigenvalue weighted by Gasteiger charge is -2.34. The van der Waals surface area contributed by atoms with Gasteiger partial charge in [-0.15, -0.1) is 0 Å². The number of carbonyl (C=O) groups excluding carboxylic acids is 3. The Morgan fingerprint density at radius 2 is 1.91 bits per heavy atom. The third-order valence-electron chi connectivity index (χ3n) is 5.41. The molecule has 6 heteroatoms. The van der Waals surface area contributed by atoms with Crippen LogP contribution in [0.5, 0.6) is 0 Å². The molecule has 0 unspecified atom stereocenters. The van der Waals surface area contributed by atoms with Crippen molar-refractivity contribution >= 4 is 17.7 Å². The van der Waals surface area contributed by atoms with Gasteiger partial charge in [0.1, 0.15) is 0 Å². The molecule has 3 rings (SSSR count). The van der Waals surface area contributed by atoms with Crippen LogP contribution in [0.15, 0.2) is 0 Å². The van der Waals surface area contributed by atoms with Crippen LogP contribution in [0, 0.1) is 5.92 Å². The predicted molar refractivity (Wildman–Crippen MR) is 85.5 cm³/mol. The van der Waals surface area contributed by atoms with E-state index in [1.165, 1.54) is 0 Å². The number of nitrogens with one attached hydrogen (secondary N) is 1. The Labute approximate surface area is 137 Å². The largest absolute Gasteiger partial charge is 0.356 e. The maximum absolute atomic E-state index is 12.8. The summed E-state index contributed by atoms with van der Waals surface area (Å²) in [6.07, 6.45) is 7.12. The first-order chi connectivity index (χ1) is 11.2. The summed E-state index contributed by atoms with van der Waals surface area (Å²) in [7, 11) is 0. The van der Waals surface area contributed by atoms with Gasteiger partial charge in [0.2, 0.25) is 17.7 Å². The third-order valence-corrected chi connectivity index (χ3v) is 5.41. The van der Waals surface area contributed by atoms with Gasteiger partial charge in [-0.3, -0.25) is 14.4 Å². The van der Waals surface area contributed by atoms with E-state index in [-0.39, 0.29) is 36.2 Å². The summed E-state index contributed by atoms with van der Waals surface area (Å²) >= 11 is 0. The van der Waals surface area contributed by atoms with E-state index in [9.17, 15) is 14.4 Å². The molecule has 0 spiro atoms. The van der Waals surface area contributed by atoms with Crippen LogP contribution in [-0.4, -0.2) is 59.7 Å². The van der Waals surface area contributed by atoms with E-state index in [4.69, 9.17) is 0 Å². The SMILES string of the molecule is O=C1NCCCCCN(C(=O)CN2CCCC2=O)[C@H]2CCC[C@@H]12. The molecule has 2 atom stereocenters. The minimum atomic E-state index is -0.0775. The van der Waals surface area contributed by atoms with E-state index in [2.05, 4.69) is 5.32 Å². The molecule has 2 aliphatic heterocycles. The number of rotatable bonds is 2. The highest BCUT2D eigenvalue weighted by atomic mass is 16.2. The Morgan fingerprint density at radius 1 is 1.04 bits per heavy atom. The van der Waals surface area contributed by atoms with Crippen LogP contribution in [0.1, 0.15) is 51.4 Å². The van der Waals surface area contributed by atoms with E-state index < -0.39 is 0 Å². The normalized spacial score (nSPS) is 29.4. The van der Waals surface area contributed by atoms with Gasteiger partial charge in [-0.2, -0.15) is 0 Å². The molecule has 0 aromatic heterocycles. The highest BCUT2D eigenvalue weighted by Gasteiger charge is 2.39. The molecule has 0 bridgehead atoms. The number of hydrogen-bond acceptors (Lipinski definition) is 3. The highest BCUT2D eigenvalue weighted by Crippen LogP contribution is 2.31. The van der Waals surface area contributed by atoms with E-state index in [1.54, 1.807) is 4.90 Å². The van der Waals surface area contributed by atoms with Crippen molar-refractivity contribution in [3.63, 3.8) is 0 Å². The topological polar surface area (TPSA) is 69.7 Å². The zero-order valence-corrected chi connectivity index (χ0v) is 13.8. The first kappa shape index (κ1) is 16.3. The molecule has 1 aliphatic carbocycles. The van der Waals surface area contributed by atoms with Gasteiger partial charge < -0.3 is 15.1 Å². The maximum Gasteiger partial charge on any atom is 0.242 e. The van der Waals surface area contributed by atoms with Gasteiger partial charge in [-0.05, 0) is 38.5 Å². The number of fused-ring (bicyclic) bond motifs is 1. The Bertz CT molecular complexity index is 480. The third kappa shape index (κ3) is 3.67. The fraction of sp³-hybridized carbons (Fsp3) is 0.824. The average molecular weight is 321 g/mol. The molecule has 1 N–H and O–H groups in total. The molecular weight excluding hydrogens is 294 g/mol. The molecule has 1 saturated carbocycles. The molecule has 3 aliphatic rings. The molecule has 2 saturated heterocycles. The van der Waals surface area contributed by atoms with Crippen molar-refractivity contribution in [2.45, 2.75) is 57.4 Å². The van der Waals surface area contributed by atoms with Gasteiger partial charge in [-0.1, -0.05) is 6.42 Å². The van der Waals surface area contributed by atoms with Crippen LogP contribution in [0.4, 0.5) is 0 Å². The van der Waals surface area contributed by atoms with Gasteiger partial charge in [-0.25, -0.2) is 0 Å². The number of carbonyl (C=O) groups is 3. The molecule has 23 heavy (non-hydrogen) atoms. The van der Waals surface area contributed by atoms with E-state index in [0.717, 1.165) is 58.0 Å². The second-order valence-electron chi connectivity index (χ2n) is 6.96. The summed E-state index contributed by atoms with van der Waals surface area (Å²) in [5.74, 6) is 0.126. The van der Waals surface area contributed by atoms with Crippen LogP contribution < -0.4 is 5.32 Å². The van der Waals surface area contributed by atoms with E-state index in [0.29, 0.717) is 13.0 Å². The molecule has 2 heterocycles. The van der Waals surface area contributed by atoms with Crippen molar-refractivity contribution in [3.05, 3.63) is 0 Å². The molecule has 3 fully saturated rings. The predicted octanol–water partition coefficient (Wildman–Crippen LogP) is 0.906. The molecular formula is C17H27N3O3. The van der Waals surface area contributed by atoms with Crippen LogP contribution in [0.25, 0.3) is 0 Å². The summed E-state index contributed by atoms with van der Waals surface area (Å²) in [4.78, 5) is 40.5. The lowest BCUT2D eigenvalue weighted by Crippen LogP contribution is -2.51. The van der Waals surface area contributed by atoms with E-state index in [1.807, 2.05) is 4.90 Å². The molecule has 128 valence electrons. The number of amides is 3. The zero-order chi connectivity index (χ0) is 16.2. The Hall–Kier alpha value is -1.59. The maximum atomic E-state index is 12.8. The summed E-state index contributed by atoms with van der Waals surface area (Å²) < 4.78 is 0. The second-order valence-corrected chi connectivity index (χ2v) is 6.96. The van der Waals surface area contributed by atoms with Gasteiger partial charge >= 0.3 is 0 Å². The fourth-order valence-corrected chi connectivity index (χ4v) is 4.15. The van der Waals surface area contributed by atoms with Crippen molar-refractivity contribution < 1.29 is 14.4 Å². The van der Waals surface area contributed by atoms with Crippen molar-refractivity contribution in [1.82, 2.24) is 15.1 Å². The van der Waals surface area contributed by atoms with Gasteiger partial charge in [0.15, 0.2) is 0 Å². The zero-order valence-electron chi connectivity index (χ0n) is 13.8. The van der Waals surface area contributed by atoms with Crippen molar-refractivity contribution in [2.24, 2.45) is 5.92 Å². The molecule has 0 aromatic carbocycles. The second kappa shape index (κ2) is 7.32. The van der Waals surface area contributed by atoms with Crippen molar-refractivity contribution in [2.75, 3.05) is 26.2 Å². The lowest BCUT2D eigenvalue weighted by atomic mass is 9.99. The molecule has 0 aromatic rings. The minimum absolute atomic E-state index is 0.0123. The Morgan fingerprint density at radius 3 is 2.70 bits per heavy atom. The average Bonchev–Trinajstić information content (AvgIpc) is 3.16. The Kier molecular flexibility index (Phi) is 5.18. The quantitative estimate of drug-likeness (QED) is 0.822.